The third-order valence-corrected chi connectivity index (χ3v) is 7.18. The lowest BCUT2D eigenvalue weighted by Gasteiger charge is -2.27. The summed E-state index contributed by atoms with van der Waals surface area (Å²) in [7, 11) is 0. The van der Waals surface area contributed by atoms with Gasteiger partial charge in [-0.2, -0.15) is 0 Å². The van der Waals surface area contributed by atoms with Crippen LogP contribution in [0.2, 0.25) is 0 Å². The Labute approximate surface area is 256 Å². The van der Waals surface area contributed by atoms with Crippen LogP contribution in [0.25, 0.3) is 34.2 Å². The van der Waals surface area contributed by atoms with Crippen molar-refractivity contribution in [1.82, 2.24) is 15.0 Å². The molecule has 0 amide bonds. The fourth-order valence-electron chi connectivity index (χ4n) is 5.10. The smallest absolute Gasteiger partial charge is 0.167 e. The minimum absolute atomic E-state index is 0.536. The van der Waals surface area contributed by atoms with Crippen LogP contribution in [0.5, 0.6) is 11.5 Å². The Morgan fingerprint density at radius 3 is 1.32 bits per heavy atom. The number of benzene rings is 6. The molecule has 0 aliphatic rings. The van der Waals surface area contributed by atoms with E-state index in [1.54, 1.807) is 0 Å². The first kappa shape index (κ1) is 26.8. The van der Waals surface area contributed by atoms with Gasteiger partial charge in [0.05, 0.1) is 11.3 Å². The van der Waals surface area contributed by atoms with Crippen LogP contribution in [-0.4, -0.2) is 15.0 Å². The minimum Gasteiger partial charge on any atom is -0.454 e. The summed E-state index contributed by atoms with van der Waals surface area (Å²) in [5, 5.41) is 0. The third-order valence-electron chi connectivity index (χ3n) is 7.18. The Balaban J connectivity index is 1.34. The van der Waals surface area contributed by atoms with Crippen LogP contribution in [0.3, 0.4) is 0 Å². The molecule has 1 heterocycles. The van der Waals surface area contributed by atoms with Gasteiger partial charge in [0, 0.05) is 22.5 Å². The number of para-hydroxylation sites is 5. The lowest BCUT2D eigenvalue weighted by Crippen LogP contribution is -2.11. The molecule has 5 heteroatoms. The Kier molecular flexibility index (Phi) is 7.57. The Morgan fingerprint density at radius 2 is 0.773 bits per heavy atom. The number of nitrogens with zero attached hydrogens (tertiary/aromatic N) is 4. The average Bonchev–Trinajstić information content (AvgIpc) is 3.11. The average molecular weight is 569 g/mol. The predicted molar refractivity (Wildman–Crippen MR) is 177 cm³/mol. The molecule has 0 spiro atoms. The van der Waals surface area contributed by atoms with Crippen molar-refractivity contribution in [2.45, 2.75) is 0 Å². The van der Waals surface area contributed by atoms with E-state index < -0.39 is 0 Å². The molecule has 0 atom stereocenters. The Morgan fingerprint density at radius 1 is 0.364 bits per heavy atom. The quantitative estimate of drug-likeness (QED) is 0.183. The van der Waals surface area contributed by atoms with Crippen LogP contribution < -0.4 is 9.64 Å². The topological polar surface area (TPSA) is 51.1 Å². The van der Waals surface area contributed by atoms with Crippen LogP contribution in [0.4, 0.5) is 17.1 Å². The molecule has 7 aromatic rings. The lowest BCUT2D eigenvalue weighted by atomic mass is 10.1. The van der Waals surface area contributed by atoms with Crippen molar-refractivity contribution in [3.05, 3.63) is 170 Å². The summed E-state index contributed by atoms with van der Waals surface area (Å²) in [6, 6.07) is 56.5. The van der Waals surface area contributed by atoms with Gasteiger partial charge >= 0.3 is 0 Å². The molecule has 0 saturated carbocycles. The highest BCUT2D eigenvalue weighted by molar-refractivity contribution is 5.81. The van der Waals surface area contributed by atoms with Crippen molar-refractivity contribution in [3.8, 4) is 45.7 Å². The van der Waals surface area contributed by atoms with Crippen LogP contribution in [0, 0.1) is 0 Å². The second-order valence-corrected chi connectivity index (χ2v) is 10.1. The van der Waals surface area contributed by atoms with Crippen molar-refractivity contribution in [3.63, 3.8) is 0 Å². The molecular formula is C39H28N4O. The number of hydrogen-bond donors (Lipinski definition) is 0. The van der Waals surface area contributed by atoms with Gasteiger partial charge in [0.1, 0.15) is 5.75 Å². The molecule has 6 aromatic carbocycles. The highest BCUT2D eigenvalue weighted by Gasteiger charge is 2.20. The van der Waals surface area contributed by atoms with E-state index in [0.717, 1.165) is 33.8 Å². The van der Waals surface area contributed by atoms with Gasteiger partial charge in [-0.05, 0) is 48.5 Å². The van der Waals surface area contributed by atoms with Gasteiger partial charge in [0.25, 0.3) is 0 Å². The van der Waals surface area contributed by atoms with E-state index in [1.807, 2.05) is 140 Å². The molecule has 0 radical (unpaired) electrons. The summed E-state index contributed by atoms with van der Waals surface area (Å²) >= 11 is 0. The van der Waals surface area contributed by atoms with Crippen LogP contribution in [0.15, 0.2) is 170 Å². The number of rotatable bonds is 8. The van der Waals surface area contributed by atoms with E-state index >= 15 is 0 Å². The second-order valence-electron chi connectivity index (χ2n) is 10.1. The Hall–Kier alpha value is -6.07. The zero-order valence-electron chi connectivity index (χ0n) is 23.9. The van der Waals surface area contributed by atoms with Crippen LogP contribution in [-0.2, 0) is 0 Å². The summed E-state index contributed by atoms with van der Waals surface area (Å²) in [6.07, 6.45) is 0. The molecule has 44 heavy (non-hydrogen) atoms. The fourth-order valence-corrected chi connectivity index (χ4v) is 5.10. The van der Waals surface area contributed by atoms with Crippen molar-refractivity contribution >= 4 is 17.1 Å². The van der Waals surface area contributed by atoms with Gasteiger partial charge in [0.15, 0.2) is 23.2 Å². The van der Waals surface area contributed by atoms with Gasteiger partial charge in [-0.3, -0.25) is 0 Å². The summed E-state index contributed by atoms with van der Waals surface area (Å²) in [5.41, 5.74) is 5.56. The van der Waals surface area contributed by atoms with Gasteiger partial charge < -0.3 is 9.64 Å². The number of anilines is 3. The molecule has 0 N–H and O–H groups in total. The van der Waals surface area contributed by atoms with Gasteiger partial charge in [-0.25, -0.2) is 15.0 Å². The van der Waals surface area contributed by atoms with Crippen molar-refractivity contribution < 1.29 is 4.74 Å². The standard InChI is InChI=1S/C39H28N4O/c1-5-17-29(18-6-1)37-40-38(30-19-7-2-8-20-30)42-39(41-37)33-25-13-15-27-35(33)44-36-28-16-14-26-34(36)43(31-21-9-3-10-22-31)32-23-11-4-12-24-32/h1-28H. The van der Waals surface area contributed by atoms with Gasteiger partial charge in [-0.15, -0.1) is 0 Å². The lowest BCUT2D eigenvalue weighted by molar-refractivity contribution is 0.485. The maximum absolute atomic E-state index is 6.77. The number of hydrogen-bond acceptors (Lipinski definition) is 5. The molecule has 0 bridgehead atoms. The predicted octanol–water partition coefficient (Wildman–Crippen LogP) is 10.1. The zero-order valence-corrected chi connectivity index (χ0v) is 23.9. The first-order chi connectivity index (χ1) is 21.8. The first-order valence-electron chi connectivity index (χ1n) is 14.5. The van der Waals surface area contributed by atoms with Crippen molar-refractivity contribution in [2.75, 3.05) is 4.90 Å². The third kappa shape index (κ3) is 5.67. The van der Waals surface area contributed by atoms with E-state index in [1.165, 1.54) is 0 Å². The first-order valence-corrected chi connectivity index (χ1v) is 14.5. The largest absolute Gasteiger partial charge is 0.454 e. The van der Waals surface area contributed by atoms with Crippen molar-refractivity contribution in [1.29, 1.82) is 0 Å². The van der Waals surface area contributed by atoms with E-state index in [0.29, 0.717) is 29.0 Å². The monoisotopic (exact) mass is 568 g/mol. The molecule has 1 aromatic heterocycles. The molecule has 0 unspecified atom stereocenters. The maximum Gasteiger partial charge on any atom is 0.167 e. The summed E-state index contributed by atoms with van der Waals surface area (Å²) in [4.78, 5) is 16.9. The Bertz CT molecular complexity index is 1890. The molecule has 210 valence electrons. The maximum atomic E-state index is 6.77. The fraction of sp³-hybridized carbons (Fsp3) is 0. The molecule has 0 aliphatic carbocycles. The van der Waals surface area contributed by atoms with E-state index in [4.69, 9.17) is 19.7 Å². The van der Waals surface area contributed by atoms with E-state index in [9.17, 15) is 0 Å². The van der Waals surface area contributed by atoms with E-state index in [-0.39, 0.29) is 0 Å². The molecule has 0 fully saturated rings. The van der Waals surface area contributed by atoms with Gasteiger partial charge in [-0.1, -0.05) is 121 Å². The molecule has 7 rings (SSSR count). The highest BCUT2D eigenvalue weighted by Crippen LogP contribution is 2.43. The normalized spacial score (nSPS) is 10.7. The minimum atomic E-state index is 0.536. The molecule has 5 nitrogen and oxygen atoms in total. The summed E-state index contributed by atoms with van der Waals surface area (Å²) in [6.45, 7) is 0. The van der Waals surface area contributed by atoms with E-state index in [2.05, 4.69) is 35.2 Å². The SMILES string of the molecule is c1ccc(-c2nc(-c3ccccc3)nc(-c3ccccc3Oc3ccccc3N(c3ccccc3)c3ccccc3)n2)cc1. The van der Waals surface area contributed by atoms with Crippen LogP contribution in [0.1, 0.15) is 0 Å². The zero-order chi connectivity index (χ0) is 29.6. The van der Waals surface area contributed by atoms with Crippen molar-refractivity contribution in [2.24, 2.45) is 0 Å². The number of ether oxygens (including phenoxy) is 1. The molecular weight excluding hydrogens is 540 g/mol. The van der Waals surface area contributed by atoms with Crippen LogP contribution >= 0.6 is 0 Å². The second kappa shape index (κ2) is 12.4. The summed E-state index contributed by atoms with van der Waals surface area (Å²) < 4.78 is 6.77. The molecule has 0 saturated heterocycles. The molecule has 0 aliphatic heterocycles. The number of aromatic nitrogens is 3. The summed E-state index contributed by atoms with van der Waals surface area (Å²) in [5.74, 6) is 3.08. The highest BCUT2D eigenvalue weighted by atomic mass is 16.5. The van der Waals surface area contributed by atoms with Gasteiger partial charge in [0.2, 0.25) is 0 Å².